The molecule has 0 amide bonds. The van der Waals surface area contributed by atoms with Gasteiger partial charge >= 0.3 is 5.97 Å². The predicted octanol–water partition coefficient (Wildman–Crippen LogP) is 2.77. The molecule has 0 aliphatic rings. The number of aromatic amines is 1. The number of hydrogen-bond donors (Lipinski definition) is 2. The van der Waals surface area contributed by atoms with Crippen LogP contribution in [0.5, 0.6) is 0 Å². The Hall–Kier alpha value is -1.66. The molecule has 0 bridgehead atoms. The second-order valence-corrected chi connectivity index (χ2v) is 6.00. The molecule has 0 saturated carbocycles. The molecular formula is C15H18BrN3O2. The van der Waals surface area contributed by atoms with E-state index < -0.39 is 11.5 Å². The minimum Gasteiger partial charge on any atom is -0.460 e. The smallest absolute Gasteiger partial charge is 0.374 e. The molecule has 1 heterocycles. The molecule has 112 valence electrons. The molecule has 5 nitrogen and oxygen atoms in total. The van der Waals surface area contributed by atoms with Crippen molar-refractivity contribution in [2.24, 2.45) is 5.73 Å². The van der Waals surface area contributed by atoms with Gasteiger partial charge in [-0.05, 0) is 31.5 Å². The van der Waals surface area contributed by atoms with Gasteiger partial charge in [0.15, 0.2) is 0 Å². The number of benzene rings is 1. The molecule has 21 heavy (non-hydrogen) atoms. The van der Waals surface area contributed by atoms with Gasteiger partial charge in [0.25, 0.3) is 0 Å². The number of esters is 1. The highest BCUT2D eigenvalue weighted by Crippen LogP contribution is 2.24. The summed E-state index contributed by atoms with van der Waals surface area (Å²) in [5.74, 6) is -0.248. The number of nitrogens with one attached hydrogen (secondary N) is 1. The number of carbonyl (C=O) groups excluding carboxylic acids is 1. The zero-order valence-electron chi connectivity index (χ0n) is 12.0. The Kier molecular flexibility index (Phi) is 4.80. The van der Waals surface area contributed by atoms with Gasteiger partial charge in [0, 0.05) is 28.3 Å². The standard InChI is InChI=1S/C15H18BrN3O2/c1-3-21-14(20)13-18-9-12(19-13)8-15(2,17)10-5-4-6-11(16)7-10/h4-7,9H,3,8,17H2,1-2H3,(H,18,19)/t15-/m1/s1. The number of carbonyl (C=O) groups is 1. The number of halogens is 1. The topological polar surface area (TPSA) is 81.0 Å². The quantitative estimate of drug-likeness (QED) is 0.811. The van der Waals surface area contributed by atoms with E-state index in [1.165, 1.54) is 0 Å². The lowest BCUT2D eigenvalue weighted by molar-refractivity contribution is 0.0513. The molecule has 2 aromatic rings. The van der Waals surface area contributed by atoms with Crippen LogP contribution < -0.4 is 5.73 Å². The summed E-state index contributed by atoms with van der Waals surface area (Å²) >= 11 is 3.44. The Morgan fingerprint density at radius 2 is 2.29 bits per heavy atom. The molecule has 0 fully saturated rings. The van der Waals surface area contributed by atoms with Crippen LogP contribution in [0.3, 0.4) is 0 Å². The molecule has 1 aromatic heterocycles. The van der Waals surface area contributed by atoms with Crippen LogP contribution in [0.4, 0.5) is 0 Å². The third-order valence-electron chi connectivity index (χ3n) is 3.14. The first kappa shape index (κ1) is 15.7. The predicted molar refractivity (Wildman–Crippen MR) is 83.9 cm³/mol. The zero-order valence-corrected chi connectivity index (χ0v) is 13.6. The number of aromatic nitrogens is 2. The van der Waals surface area contributed by atoms with E-state index in [1.54, 1.807) is 13.1 Å². The van der Waals surface area contributed by atoms with E-state index in [1.807, 2.05) is 31.2 Å². The number of hydrogen-bond acceptors (Lipinski definition) is 4. The summed E-state index contributed by atoms with van der Waals surface area (Å²) in [6, 6.07) is 7.87. The van der Waals surface area contributed by atoms with Crippen LogP contribution in [-0.2, 0) is 16.7 Å². The van der Waals surface area contributed by atoms with E-state index in [0.29, 0.717) is 13.0 Å². The molecule has 1 atom stereocenters. The van der Waals surface area contributed by atoms with E-state index in [-0.39, 0.29) is 5.82 Å². The lowest BCUT2D eigenvalue weighted by Gasteiger charge is -2.24. The summed E-state index contributed by atoms with van der Waals surface area (Å²) in [4.78, 5) is 18.6. The Labute approximate surface area is 132 Å². The van der Waals surface area contributed by atoms with E-state index in [9.17, 15) is 4.79 Å². The van der Waals surface area contributed by atoms with Gasteiger partial charge in [0.1, 0.15) is 0 Å². The third kappa shape index (κ3) is 3.92. The van der Waals surface area contributed by atoms with Gasteiger partial charge in [-0.15, -0.1) is 0 Å². The van der Waals surface area contributed by atoms with Gasteiger partial charge in [0.2, 0.25) is 5.82 Å². The summed E-state index contributed by atoms with van der Waals surface area (Å²) in [6.07, 6.45) is 2.16. The zero-order chi connectivity index (χ0) is 15.5. The SMILES string of the molecule is CCOC(=O)c1ncc(C[C@@](C)(N)c2cccc(Br)c2)[nH]1. The summed E-state index contributed by atoms with van der Waals surface area (Å²) in [7, 11) is 0. The van der Waals surface area contributed by atoms with Crippen molar-refractivity contribution in [3.8, 4) is 0 Å². The molecule has 6 heteroatoms. The summed E-state index contributed by atoms with van der Waals surface area (Å²) in [5, 5.41) is 0. The van der Waals surface area contributed by atoms with Gasteiger partial charge in [-0.2, -0.15) is 0 Å². The van der Waals surface area contributed by atoms with Crippen LogP contribution in [-0.4, -0.2) is 22.5 Å². The normalized spacial score (nSPS) is 13.7. The molecule has 0 radical (unpaired) electrons. The van der Waals surface area contributed by atoms with Gasteiger partial charge in [-0.25, -0.2) is 9.78 Å². The Balaban J connectivity index is 2.15. The van der Waals surface area contributed by atoms with Crippen molar-refractivity contribution < 1.29 is 9.53 Å². The molecule has 0 aliphatic carbocycles. The van der Waals surface area contributed by atoms with Crippen molar-refractivity contribution in [3.63, 3.8) is 0 Å². The largest absolute Gasteiger partial charge is 0.460 e. The second-order valence-electron chi connectivity index (χ2n) is 5.08. The second kappa shape index (κ2) is 6.41. The first-order chi connectivity index (χ1) is 9.92. The monoisotopic (exact) mass is 351 g/mol. The van der Waals surface area contributed by atoms with Crippen LogP contribution in [0.15, 0.2) is 34.9 Å². The third-order valence-corrected chi connectivity index (χ3v) is 3.63. The van der Waals surface area contributed by atoms with Crippen LogP contribution in [0.2, 0.25) is 0 Å². The lowest BCUT2D eigenvalue weighted by Crippen LogP contribution is -2.35. The van der Waals surface area contributed by atoms with Crippen LogP contribution >= 0.6 is 15.9 Å². The highest BCUT2D eigenvalue weighted by molar-refractivity contribution is 9.10. The summed E-state index contributed by atoms with van der Waals surface area (Å²) in [5.41, 5.74) is 7.63. The maximum Gasteiger partial charge on any atom is 0.374 e. The highest BCUT2D eigenvalue weighted by atomic mass is 79.9. The number of H-pyrrole nitrogens is 1. The van der Waals surface area contributed by atoms with E-state index in [0.717, 1.165) is 15.7 Å². The van der Waals surface area contributed by atoms with E-state index in [2.05, 4.69) is 25.9 Å². The molecule has 2 rings (SSSR count). The molecular weight excluding hydrogens is 334 g/mol. The van der Waals surface area contributed by atoms with Gasteiger partial charge in [0.05, 0.1) is 6.61 Å². The van der Waals surface area contributed by atoms with Crippen molar-refractivity contribution in [2.75, 3.05) is 6.61 Å². The Morgan fingerprint density at radius 1 is 1.52 bits per heavy atom. The maximum atomic E-state index is 11.6. The molecule has 3 N–H and O–H groups in total. The molecule has 1 aromatic carbocycles. The molecule has 0 saturated heterocycles. The fourth-order valence-corrected chi connectivity index (χ4v) is 2.49. The van der Waals surface area contributed by atoms with E-state index in [4.69, 9.17) is 10.5 Å². The summed E-state index contributed by atoms with van der Waals surface area (Å²) in [6.45, 7) is 4.02. The van der Waals surface area contributed by atoms with Gasteiger partial charge in [-0.3, -0.25) is 0 Å². The number of ether oxygens (including phenoxy) is 1. The van der Waals surface area contributed by atoms with Crippen molar-refractivity contribution in [2.45, 2.75) is 25.8 Å². The van der Waals surface area contributed by atoms with Crippen LogP contribution in [0, 0.1) is 0 Å². The molecule has 0 spiro atoms. The van der Waals surface area contributed by atoms with E-state index >= 15 is 0 Å². The van der Waals surface area contributed by atoms with Gasteiger partial charge < -0.3 is 15.5 Å². The van der Waals surface area contributed by atoms with Crippen LogP contribution in [0.25, 0.3) is 0 Å². The minimum atomic E-state index is -0.567. The highest BCUT2D eigenvalue weighted by Gasteiger charge is 2.23. The average Bonchev–Trinajstić information content (AvgIpc) is 2.87. The number of imidazole rings is 1. The maximum absolute atomic E-state index is 11.6. The molecule has 0 unspecified atom stereocenters. The van der Waals surface area contributed by atoms with Crippen molar-refractivity contribution in [1.29, 1.82) is 0 Å². The average molecular weight is 352 g/mol. The Bertz CT molecular complexity index is 637. The van der Waals surface area contributed by atoms with Crippen LogP contribution in [0.1, 0.15) is 35.7 Å². The fourth-order valence-electron chi connectivity index (χ4n) is 2.09. The number of nitrogens with two attached hydrogens (primary N) is 1. The van der Waals surface area contributed by atoms with Crippen molar-refractivity contribution in [3.05, 3.63) is 52.0 Å². The number of nitrogens with zero attached hydrogens (tertiary/aromatic N) is 1. The summed E-state index contributed by atoms with van der Waals surface area (Å²) < 4.78 is 5.88. The number of rotatable bonds is 5. The first-order valence-corrected chi connectivity index (χ1v) is 7.47. The Morgan fingerprint density at radius 3 is 2.95 bits per heavy atom. The van der Waals surface area contributed by atoms with Crippen molar-refractivity contribution in [1.82, 2.24) is 9.97 Å². The molecule has 0 aliphatic heterocycles. The lowest BCUT2D eigenvalue weighted by atomic mass is 9.89. The minimum absolute atomic E-state index is 0.205. The van der Waals surface area contributed by atoms with Crippen molar-refractivity contribution >= 4 is 21.9 Å². The van der Waals surface area contributed by atoms with Gasteiger partial charge in [-0.1, -0.05) is 28.1 Å². The first-order valence-electron chi connectivity index (χ1n) is 6.68. The fraction of sp³-hybridized carbons (Fsp3) is 0.333.